The minimum atomic E-state index is 0.846. The highest BCUT2D eigenvalue weighted by Gasteiger charge is 2.17. The van der Waals surface area contributed by atoms with Gasteiger partial charge in [-0.3, -0.25) is 9.91 Å². The summed E-state index contributed by atoms with van der Waals surface area (Å²) in [4.78, 5) is 2.43. The minimum absolute atomic E-state index is 0.846. The van der Waals surface area contributed by atoms with Crippen molar-refractivity contribution in [3.8, 4) is 5.75 Å². The van der Waals surface area contributed by atoms with Crippen LogP contribution in [0.25, 0.3) is 0 Å². The smallest absolute Gasteiger partial charge is 0.118 e. The number of rotatable bonds is 5. The normalized spacial score (nSPS) is 16.1. The zero-order chi connectivity index (χ0) is 17.6. The quantitative estimate of drug-likeness (QED) is 0.760. The van der Waals surface area contributed by atoms with E-state index in [1.165, 1.54) is 5.56 Å². The van der Waals surface area contributed by atoms with Crippen molar-refractivity contribution >= 4 is 17.3 Å². The van der Waals surface area contributed by atoms with Crippen molar-refractivity contribution in [2.24, 2.45) is 5.10 Å². The van der Waals surface area contributed by atoms with Gasteiger partial charge >= 0.3 is 0 Å². The van der Waals surface area contributed by atoms with E-state index in [9.17, 15) is 0 Å². The van der Waals surface area contributed by atoms with E-state index < -0.39 is 0 Å². The summed E-state index contributed by atoms with van der Waals surface area (Å²) in [5.74, 6) is 0.865. The van der Waals surface area contributed by atoms with Crippen molar-refractivity contribution in [3.63, 3.8) is 0 Å². The summed E-state index contributed by atoms with van der Waals surface area (Å²) in [6.45, 7) is 6.79. The molecule has 0 N–H and O–H groups in total. The van der Waals surface area contributed by atoms with Crippen LogP contribution in [0.3, 0.4) is 0 Å². The zero-order valence-corrected chi connectivity index (χ0v) is 15.5. The van der Waals surface area contributed by atoms with Gasteiger partial charge in [-0.05, 0) is 48.4 Å². The fourth-order valence-corrected chi connectivity index (χ4v) is 3.16. The fraction of sp³-hybridized carbons (Fsp3) is 0.350. The predicted octanol–water partition coefficient (Wildman–Crippen LogP) is 3.89. The molecule has 1 saturated heterocycles. The second-order valence-electron chi connectivity index (χ2n) is 6.24. The lowest BCUT2D eigenvalue weighted by Gasteiger charge is -2.33. The summed E-state index contributed by atoms with van der Waals surface area (Å²) >= 11 is 6.26. The Morgan fingerprint density at radius 1 is 1.04 bits per heavy atom. The second kappa shape index (κ2) is 8.37. The van der Waals surface area contributed by atoms with Crippen molar-refractivity contribution in [1.29, 1.82) is 0 Å². The van der Waals surface area contributed by atoms with Gasteiger partial charge in [0.25, 0.3) is 0 Å². The highest BCUT2D eigenvalue weighted by atomic mass is 35.5. The molecule has 132 valence electrons. The van der Waals surface area contributed by atoms with Crippen LogP contribution < -0.4 is 4.74 Å². The molecule has 1 aliphatic heterocycles. The summed E-state index contributed by atoms with van der Waals surface area (Å²) in [6.07, 6.45) is 0. The average Bonchev–Trinajstić information content (AvgIpc) is 2.65. The predicted molar refractivity (Wildman–Crippen MR) is 104 cm³/mol. The molecule has 0 spiro atoms. The molecule has 5 heteroatoms. The second-order valence-corrected chi connectivity index (χ2v) is 6.64. The molecule has 0 unspecified atom stereocenters. The van der Waals surface area contributed by atoms with Gasteiger partial charge in [0.1, 0.15) is 5.75 Å². The van der Waals surface area contributed by atoms with Gasteiger partial charge in [0.2, 0.25) is 0 Å². The number of hydrazone groups is 1. The molecular formula is C20H24ClN3O. The lowest BCUT2D eigenvalue weighted by atomic mass is 10.1. The van der Waals surface area contributed by atoms with Crippen LogP contribution in [0.15, 0.2) is 53.6 Å². The average molecular weight is 358 g/mol. The summed E-state index contributed by atoms with van der Waals surface area (Å²) < 4.78 is 5.20. The Morgan fingerprint density at radius 2 is 1.72 bits per heavy atom. The van der Waals surface area contributed by atoms with Crippen molar-refractivity contribution in [2.75, 3.05) is 33.3 Å². The molecule has 3 rings (SSSR count). The molecule has 0 amide bonds. The number of hydrogen-bond donors (Lipinski definition) is 0. The molecule has 25 heavy (non-hydrogen) atoms. The van der Waals surface area contributed by atoms with E-state index in [1.54, 1.807) is 7.11 Å². The molecule has 1 fully saturated rings. The summed E-state index contributed by atoms with van der Waals surface area (Å²) in [5, 5.41) is 7.78. The van der Waals surface area contributed by atoms with Gasteiger partial charge in [0, 0.05) is 37.7 Å². The van der Waals surface area contributed by atoms with Crippen LogP contribution in [0, 0.1) is 0 Å². The third-order valence-electron chi connectivity index (χ3n) is 4.50. The molecule has 0 atom stereocenters. The van der Waals surface area contributed by atoms with Gasteiger partial charge in [0.15, 0.2) is 0 Å². The number of piperazine rings is 1. The Hall–Kier alpha value is -2.04. The number of methoxy groups -OCH3 is 1. The third-order valence-corrected chi connectivity index (χ3v) is 4.87. The summed E-state index contributed by atoms with van der Waals surface area (Å²) in [6, 6.07) is 16.1. The van der Waals surface area contributed by atoms with Gasteiger partial charge in [-0.2, -0.15) is 5.10 Å². The maximum atomic E-state index is 6.26. The first-order valence-electron chi connectivity index (χ1n) is 8.56. The Balaban J connectivity index is 1.55. The number of nitrogens with zero attached hydrogens (tertiary/aromatic N) is 3. The first-order valence-corrected chi connectivity index (χ1v) is 8.94. The fourth-order valence-electron chi connectivity index (χ4n) is 2.97. The highest BCUT2D eigenvalue weighted by Crippen LogP contribution is 2.18. The van der Waals surface area contributed by atoms with E-state index in [0.717, 1.165) is 54.8 Å². The molecule has 4 nitrogen and oxygen atoms in total. The minimum Gasteiger partial charge on any atom is -0.497 e. The number of benzene rings is 2. The van der Waals surface area contributed by atoms with Crippen molar-refractivity contribution in [3.05, 3.63) is 64.7 Å². The highest BCUT2D eigenvalue weighted by molar-refractivity contribution is 6.31. The van der Waals surface area contributed by atoms with Crippen molar-refractivity contribution in [2.45, 2.75) is 13.5 Å². The van der Waals surface area contributed by atoms with Gasteiger partial charge in [0.05, 0.1) is 12.8 Å². The van der Waals surface area contributed by atoms with Gasteiger partial charge < -0.3 is 4.74 Å². The van der Waals surface area contributed by atoms with E-state index in [1.807, 2.05) is 42.5 Å². The molecule has 2 aromatic carbocycles. The molecule has 0 aromatic heterocycles. The first-order chi connectivity index (χ1) is 12.2. The molecule has 0 saturated carbocycles. The zero-order valence-electron chi connectivity index (χ0n) is 14.8. The van der Waals surface area contributed by atoms with Gasteiger partial charge in [-0.1, -0.05) is 29.8 Å². The van der Waals surface area contributed by atoms with Crippen LogP contribution in [0.2, 0.25) is 5.02 Å². The van der Waals surface area contributed by atoms with Crippen molar-refractivity contribution < 1.29 is 4.74 Å². The lowest BCUT2D eigenvalue weighted by molar-refractivity contribution is 0.130. The molecule has 2 aromatic rings. The van der Waals surface area contributed by atoms with Crippen molar-refractivity contribution in [1.82, 2.24) is 9.91 Å². The van der Waals surface area contributed by atoms with Crippen LogP contribution in [0.4, 0.5) is 0 Å². The van der Waals surface area contributed by atoms with E-state index >= 15 is 0 Å². The monoisotopic (exact) mass is 357 g/mol. The number of hydrogen-bond acceptors (Lipinski definition) is 4. The summed E-state index contributed by atoms with van der Waals surface area (Å²) in [5.41, 5.74) is 3.34. The first kappa shape index (κ1) is 17.8. The van der Waals surface area contributed by atoms with E-state index in [0.29, 0.717) is 0 Å². The molecule has 0 aliphatic carbocycles. The largest absolute Gasteiger partial charge is 0.497 e. The molecule has 1 heterocycles. The Kier molecular flexibility index (Phi) is 5.95. The van der Waals surface area contributed by atoms with Crippen LogP contribution in [-0.4, -0.2) is 48.9 Å². The number of ether oxygens (including phenoxy) is 1. The van der Waals surface area contributed by atoms with Crippen LogP contribution in [-0.2, 0) is 6.54 Å². The number of halogens is 1. The molecule has 0 radical (unpaired) electrons. The van der Waals surface area contributed by atoms with Crippen LogP contribution in [0.1, 0.15) is 18.1 Å². The van der Waals surface area contributed by atoms with E-state index in [4.69, 9.17) is 21.4 Å². The Labute approximate surface area is 154 Å². The Morgan fingerprint density at radius 3 is 2.36 bits per heavy atom. The molecule has 0 bridgehead atoms. The SMILES string of the molecule is COc1ccc(C(C)=NN2CCN(Cc3ccccc3Cl)CC2)cc1. The van der Waals surface area contributed by atoms with Gasteiger partial charge in [-0.25, -0.2) is 0 Å². The molecular weight excluding hydrogens is 334 g/mol. The maximum Gasteiger partial charge on any atom is 0.118 e. The van der Waals surface area contributed by atoms with Gasteiger partial charge in [-0.15, -0.1) is 0 Å². The molecule has 1 aliphatic rings. The maximum absolute atomic E-state index is 6.26. The summed E-state index contributed by atoms with van der Waals surface area (Å²) in [7, 11) is 1.68. The third kappa shape index (κ3) is 4.74. The standard InChI is InChI=1S/C20H24ClN3O/c1-16(17-7-9-19(25-2)10-8-17)22-24-13-11-23(12-14-24)15-18-5-3-4-6-20(18)21/h3-10H,11-15H2,1-2H3. The van der Waals surface area contributed by atoms with Crippen LogP contribution >= 0.6 is 11.6 Å². The topological polar surface area (TPSA) is 28.1 Å². The lowest BCUT2D eigenvalue weighted by Crippen LogP contribution is -2.43. The Bertz CT molecular complexity index is 722. The van der Waals surface area contributed by atoms with E-state index in [-0.39, 0.29) is 0 Å². The van der Waals surface area contributed by atoms with Crippen LogP contribution in [0.5, 0.6) is 5.75 Å². The van der Waals surface area contributed by atoms with E-state index in [2.05, 4.69) is 22.9 Å².